The number of nitrogens with one attached hydrogen (secondary N) is 1. The lowest BCUT2D eigenvalue weighted by Crippen LogP contribution is -2.28. The van der Waals surface area contributed by atoms with Gasteiger partial charge < -0.3 is 5.32 Å². The Hall–Kier alpha value is -2.54. The minimum absolute atomic E-state index is 0.145. The summed E-state index contributed by atoms with van der Waals surface area (Å²) in [6.45, 7) is 2.17. The number of carbonyl (C=O) groups excluding carboxylic acids is 3. The van der Waals surface area contributed by atoms with Crippen molar-refractivity contribution in [3.05, 3.63) is 45.9 Å². The highest BCUT2D eigenvalue weighted by atomic mass is 32.1. The first-order chi connectivity index (χ1) is 11.5. The van der Waals surface area contributed by atoms with Crippen molar-refractivity contribution < 1.29 is 14.4 Å². The number of rotatable bonds is 5. The molecule has 0 unspecified atom stereocenters. The number of carbonyl (C=O) groups is 3. The second kappa shape index (κ2) is 6.92. The molecule has 3 amide bonds. The lowest BCUT2D eigenvalue weighted by Gasteiger charge is -2.11. The molecule has 2 aromatic rings. The molecule has 3 rings (SSSR count). The number of hydrogen-bond donors (Lipinski definition) is 1. The standard InChI is InChI=1S/C17H17N3O3S/c1-11-2-4-12(5-3-11)18-14(21)8-15-19-13(10-24-15)9-20-16(22)6-7-17(20)23/h2-5,10H,6-9H2,1H3,(H,18,21). The Kier molecular flexibility index (Phi) is 4.71. The maximum atomic E-state index is 12.1. The highest BCUT2D eigenvalue weighted by Crippen LogP contribution is 2.18. The SMILES string of the molecule is Cc1ccc(NC(=O)Cc2nc(CN3C(=O)CCC3=O)cs2)cc1. The van der Waals surface area contributed by atoms with Crippen molar-refractivity contribution in [1.82, 2.24) is 9.88 Å². The topological polar surface area (TPSA) is 79.4 Å². The Morgan fingerprint density at radius 1 is 1.21 bits per heavy atom. The molecule has 0 saturated carbocycles. The van der Waals surface area contributed by atoms with Crippen LogP contribution in [0, 0.1) is 6.92 Å². The fourth-order valence-electron chi connectivity index (χ4n) is 2.44. The number of likely N-dealkylation sites (tertiary alicyclic amines) is 1. The second-order valence-corrected chi connectivity index (χ2v) is 6.64. The Balaban J connectivity index is 1.57. The van der Waals surface area contributed by atoms with E-state index >= 15 is 0 Å². The molecule has 1 aromatic heterocycles. The minimum Gasteiger partial charge on any atom is -0.326 e. The van der Waals surface area contributed by atoms with Crippen LogP contribution in [0.1, 0.15) is 29.1 Å². The lowest BCUT2D eigenvalue weighted by atomic mass is 10.2. The maximum absolute atomic E-state index is 12.1. The highest BCUT2D eigenvalue weighted by Gasteiger charge is 2.29. The first-order valence-corrected chi connectivity index (χ1v) is 8.52. The summed E-state index contributed by atoms with van der Waals surface area (Å²) < 4.78 is 0. The van der Waals surface area contributed by atoms with Gasteiger partial charge in [-0.15, -0.1) is 11.3 Å². The summed E-state index contributed by atoms with van der Waals surface area (Å²) in [7, 11) is 0. The van der Waals surface area contributed by atoms with Crippen molar-refractivity contribution in [2.45, 2.75) is 32.7 Å². The van der Waals surface area contributed by atoms with Gasteiger partial charge in [0.15, 0.2) is 0 Å². The first-order valence-electron chi connectivity index (χ1n) is 7.64. The van der Waals surface area contributed by atoms with E-state index in [0.29, 0.717) is 10.7 Å². The molecule has 2 heterocycles. The number of aromatic nitrogens is 1. The molecule has 124 valence electrons. The number of nitrogens with zero attached hydrogens (tertiary/aromatic N) is 2. The van der Waals surface area contributed by atoms with Gasteiger partial charge >= 0.3 is 0 Å². The van der Waals surface area contributed by atoms with Crippen LogP contribution < -0.4 is 5.32 Å². The lowest BCUT2D eigenvalue weighted by molar-refractivity contribution is -0.139. The van der Waals surface area contributed by atoms with Crippen LogP contribution in [0.2, 0.25) is 0 Å². The Morgan fingerprint density at radius 3 is 2.54 bits per heavy atom. The van der Waals surface area contributed by atoms with Gasteiger partial charge in [0.25, 0.3) is 0 Å². The second-order valence-electron chi connectivity index (χ2n) is 5.70. The van der Waals surface area contributed by atoms with E-state index in [2.05, 4.69) is 10.3 Å². The molecule has 0 spiro atoms. The van der Waals surface area contributed by atoms with Gasteiger partial charge in [-0.3, -0.25) is 19.3 Å². The molecule has 0 aliphatic carbocycles. The summed E-state index contributed by atoms with van der Waals surface area (Å²) in [6, 6.07) is 7.57. The molecule has 0 atom stereocenters. The summed E-state index contributed by atoms with van der Waals surface area (Å²) in [5, 5.41) is 5.27. The molecule has 1 fully saturated rings. The van der Waals surface area contributed by atoms with E-state index in [1.54, 1.807) is 5.38 Å². The molecule has 1 aliphatic rings. The molecule has 1 aliphatic heterocycles. The van der Waals surface area contributed by atoms with Crippen LogP contribution in [-0.4, -0.2) is 27.6 Å². The van der Waals surface area contributed by atoms with E-state index in [9.17, 15) is 14.4 Å². The third-order valence-electron chi connectivity index (χ3n) is 3.72. The molecule has 7 heteroatoms. The van der Waals surface area contributed by atoms with Gasteiger partial charge in [-0.2, -0.15) is 0 Å². The van der Waals surface area contributed by atoms with Gasteiger partial charge in [0.05, 0.1) is 18.7 Å². The van der Waals surface area contributed by atoms with Crippen LogP contribution in [-0.2, 0) is 27.3 Å². The van der Waals surface area contributed by atoms with Gasteiger partial charge in [0.1, 0.15) is 5.01 Å². The number of hydrogen-bond acceptors (Lipinski definition) is 5. The van der Waals surface area contributed by atoms with Crippen LogP contribution in [0.5, 0.6) is 0 Å². The fraction of sp³-hybridized carbons (Fsp3) is 0.294. The summed E-state index contributed by atoms with van der Waals surface area (Å²) in [5.74, 6) is -0.466. The predicted molar refractivity (Wildman–Crippen MR) is 90.4 cm³/mol. The van der Waals surface area contributed by atoms with Gasteiger partial charge in [0, 0.05) is 23.9 Å². The quantitative estimate of drug-likeness (QED) is 0.845. The zero-order valence-electron chi connectivity index (χ0n) is 13.2. The van der Waals surface area contributed by atoms with E-state index < -0.39 is 0 Å². The Bertz CT molecular complexity index is 767. The van der Waals surface area contributed by atoms with Crippen molar-refractivity contribution >= 4 is 34.7 Å². The number of amides is 3. The zero-order valence-corrected chi connectivity index (χ0v) is 14.1. The van der Waals surface area contributed by atoms with Crippen LogP contribution in [0.4, 0.5) is 5.69 Å². The monoisotopic (exact) mass is 343 g/mol. The van der Waals surface area contributed by atoms with E-state index in [1.807, 2.05) is 31.2 Å². The third kappa shape index (κ3) is 3.86. The summed E-state index contributed by atoms with van der Waals surface area (Å²) >= 11 is 1.36. The van der Waals surface area contributed by atoms with Crippen molar-refractivity contribution in [2.24, 2.45) is 0 Å². The maximum Gasteiger partial charge on any atom is 0.231 e. The average Bonchev–Trinajstić information content (AvgIpc) is 3.11. The minimum atomic E-state index is -0.160. The van der Waals surface area contributed by atoms with Gasteiger partial charge in [0.2, 0.25) is 17.7 Å². The third-order valence-corrected chi connectivity index (χ3v) is 4.62. The number of benzene rings is 1. The molecular formula is C17H17N3O3S. The normalized spacial score (nSPS) is 14.3. The van der Waals surface area contributed by atoms with E-state index in [4.69, 9.17) is 0 Å². The Morgan fingerprint density at radius 2 is 1.88 bits per heavy atom. The molecule has 1 aromatic carbocycles. The van der Waals surface area contributed by atoms with Crippen LogP contribution in [0.15, 0.2) is 29.6 Å². The number of thiazole rings is 1. The van der Waals surface area contributed by atoms with Crippen molar-refractivity contribution in [3.63, 3.8) is 0 Å². The molecule has 24 heavy (non-hydrogen) atoms. The molecule has 1 N–H and O–H groups in total. The summed E-state index contributed by atoms with van der Waals surface area (Å²) in [6.07, 6.45) is 0.712. The van der Waals surface area contributed by atoms with Crippen LogP contribution >= 0.6 is 11.3 Å². The fourth-order valence-corrected chi connectivity index (χ4v) is 3.23. The summed E-state index contributed by atoms with van der Waals surface area (Å²) in [4.78, 5) is 40.9. The largest absolute Gasteiger partial charge is 0.326 e. The smallest absolute Gasteiger partial charge is 0.231 e. The average molecular weight is 343 g/mol. The van der Waals surface area contributed by atoms with Gasteiger partial charge in [-0.1, -0.05) is 17.7 Å². The molecular weight excluding hydrogens is 326 g/mol. The van der Waals surface area contributed by atoms with E-state index in [-0.39, 0.29) is 43.5 Å². The predicted octanol–water partition coefficient (Wildman–Crippen LogP) is 2.28. The Labute approximate surface area is 143 Å². The number of imide groups is 1. The number of aryl methyl sites for hydroxylation is 1. The molecule has 6 nitrogen and oxygen atoms in total. The van der Waals surface area contributed by atoms with Crippen molar-refractivity contribution in [1.29, 1.82) is 0 Å². The van der Waals surface area contributed by atoms with Crippen LogP contribution in [0.25, 0.3) is 0 Å². The molecule has 1 saturated heterocycles. The zero-order chi connectivity index (χ0) is 17.1. The van der Waals surface area contributed by atoms with Gasteiger partial charge in [-0.05, 0) is 19.1 Å². The van der Waals surface area contributed by atoms with E-state index in [0.717, 1.165) is 11.3 Å². The first kappa shape index (κ1) is 16.3. The van der Waals surface area contributed by atoms with Gasteiger partial charge in [-0.25, -0.2) is 4.98 Å². The molecule has 0 bridgehead atoms. The van der Waals surface area contributed by atoms with Crippen LogP contribution in [0.3, 0.4) is 0 Å². The van der Waals surface area contributed by atoms with E-state index in [1.165, 1.54) is 16.2 Å². The summed E-state index contributed by atoms with van der Waals surface area (Å²) in [5.41, 5.74) is 2.51. The number of anilines is 1. The van der Waals surface area contributed by atoms with Crippen molar-refractivity contribution in [3.8, 4) is 0 Å². The molecule has 0 radical (unpaired) electrons. The van der Waals surface area contributed by atoms with Crippen molar-refractivity contribution in [2.75, 3.05) is 5.32 Å². The highest BCUT2D eigenvalue weighted by molar-refractivity contribution is 7.09.